The van der Waals surface area contributed by atoms with E-state index in [2.05, 4.69) is 36.9 Å². The lowest BCUT2D eigenvalue weighted by Crippen LogP contribution is -2.22. The number of para-hydroxylation sites is 1. The standard InChI is InChI=1S/C13H16N2/c1-10-4-3-5-11(2)13(10)15-8-6-12(14)7-9-15/h3-8H,9,14H2,1-2H3. The monoisotopic (exact) mass is 200 g/mol. The second-order valence-corrected chi connectivity index (χ2v) is 3.91. The number of nitrogens with zero attached hydrogens (tertiary/aromatic N) is 1. The van der Waals surface area contributed by atoms with Crippen LogP contribution in [0.2, 0.25) is 0 Å². The lowest BCUT2D eigenvalue weighted by molar-refractivity contribution is 1.03. The second kappa shape index (κ2) is 3.81. The highest BCUT2D eigenvalue weighted by Crippen LogP contribution is 2.25. The lowest BCUT2D eigenvalue weighted by Gasteiger charge is -2.25. The fourth-order valence-electron chi connectivity index (χ4n) is 1.93. The molecule has 0 amide bonds. The van der Waals surface area contributed by atoms with Gasteiger partial charge >= 0.3 is 0 Å². The summed E-state index contributed by atoms with van der Waals surface area (Å²) in [6.45, 7) is 5.13. The molecule has 2 nitrogen and oxygen atoms in total. The van der Waals surface area contributed by atoms with Crippen molar-refractivity contribution in [2.75, 3.05) is 11.4 Å². The van der Waals surface area contributed by atoms with E-state index in [1.165, 1.54) is 16.8 Å². The number of anilines is 1. The molecule has 1 aromatic carbocycles. The SMILES string of the molecule is Cc1cccc(C)c1N1C=CC(N)=CC1. The molecule has 0 saturated heterocycles. The van der Waals surface area contributed by atoms with Crippen molar-refractivity contribution in [1.29, 1.82) is 0 Å². The van der Waals surface area contributed by atoms with Crippen LogP contribution in [0.3, 0.4) is 0 Å². The zero-order valence-corrected chi connectivity index (χ0v) is 9.20. The maximum absolute atomic E-state index is 5.70. The topological polar surface area (TPSA) is 29.3 Å². The summed E-state index contributed by atoms with van der Waals surface area (Å²) in [6, 6.07) is 6.36. The van der Waals surface area contributed by atoms with Crippen LogP contribution in [0.5, 0.6) is 0 Å². The zero-order chi connectivity index (χ0) is 10.8. The molecule has 78 valence electrons. The normalized spacial score (nSPS) is 15.3. The predicted molar refractivity (Wildman–Crippen MR) is 64.7 cm³/mol. The molecule has 1 aliphatic heterocycles. The van der Waals surface area contributed by atoms with Crippen LogP contribution in [0.15, 0.2) is 42.2 Å². The molecule has 2 heteroatoms. The first-order valence-corrected chi connectivity index (χ1v) is 5.15. The van der Waals surface area contributed by atoms with Gasteiger partial charge in [-0.3, -0.25) is 0 Å². The Labute approximate surface area is 90.7 Å². The Morgan fingerprint density at radius 2 is 1.87 bits per heavy atom. The predicted octanol–water partition coefficient (Wildman–Crippen LogP) is 2.48. The van der Waals surface area contributed by atoms with Gasteiger partial charge in [0.15, 0.2) is 0 Å². The Morgan fingerprint density at radius 1 is 1.20 bits per heavy atom. The number of benzene rings is 1. The van der Waals surface area contributed by atoms with E-state index in [9.17, 15) is 0 Å². The lowest BCUT2D eigenvalue weighted by atomic mass is 10.1. The van der Waals surface area contributed by atoms with Crippen LogP contribution >= 0.6 is 0 Å². The van der Waals surface area contributed by atoms with Crippen LogP contribution in [0.4, 0.5) is 5.69 Å². The van der Waals surface area contributed by atoms with Gasteiger partial charge in [-0.2, -0.15) is 0 Å². The molecule has 2 N–H and O–H groups in total. The highest BCUT2D eigenvalue weighted by molar-refractivity contribution is 5.62. The maximum Gasteiger partial charge on any atom is 0.0468 e. The number of rotatable bonds is 1. The third-order valence-corrected chi connectivity index (χ3v) is 2.70. The summed E-state index contributed by atoms with van der Waals surface area (Å²) >= 11 is 0. The van der Waals surface area contributed by atoms with E-state index in [0.29, 0.717) is 0 Å². The van der Waals surface area contributed by atoms with Gasteiger partial charge in [-0.1, -0.05) is 18.2 Å². The molecule has 0 radical (unpaired) electrons. The van der Waals surface area contributed by atoms with Crippen molar-refractivity contribution in [2.45, 2.75) is 13.8 Å². The molecule has 0 atom stereocenters. The minimum absolute atomic E-state index is 0.845. The summed E-state index contributed by atoms with van der Waals surface area (Å²) in [7, 11) is 0. The van der Waals surface area contributed by atoms with Gasteiger partial charge in [-0.25, -0.2) is 0 Å². The first kappa shape index (κ1) is 9.84. The van der Waals surface area contributed by atoms with Gasteiger partial charge in [0.05, 0.1) is 0 Å². The van der Waals surface area contributed by atoms with E-state index in [4.69, 9.17) is 5.73 Å². The van der Waals surface area contributed by atoms with E-state index in [-0.39, 0.29) is 0 Å². The fourth-order valence-corrected chi connectivity index (χ4v) is 1.93. The average Bonchev–Trinajstić information content (AvgIpc) is 2.20. The minimum Gasteiger partial charge on any atom is -0.399 e. The van der Waals surface area contributed by atoms with Gasteiger partial charge in [0.25, 0.3) is 0 Å². The summed E-state index contributed by atoms with van der Waals surface area (Å²) in [6.07, 6.45) is 6.02. The molecule has 0 spiro atoms. The fraction of sp³-hybridized carbons (Fsp3) is 0.231. The van der Waals surface area contributed by atoms with E-state index in [1.807, 2.05) is 18.4 Å². The Balaban J connectivity index is 2.36. The zero-order valence-electron chi connectivity index (χ0n) is 9.20. The highest BCUT2D eigenvalue weighted by atomic mass is 15.1. The van der Waals surface area contributed by atoms with E-state index >= 15 is 0 Å². The van der Waals surface area contributed by atoms with Crippen molar-refractivity contribution in [3.63, 3.8) is 0 Å². The van der Waals surface area contributed by atoms with Gasteiger partial charge in [-0.05, 0) is 37.1 Å². The van der Waals surface area contributed by atoms with Crippen molar-refractivity contribution in [2.24, 2.45) is 5.73 Å². The van der Waals surface area contributed by atoms with E-state index in [1.54, 1.807) is 0 Å². The molecule has 1 heterocycles. The number of allylic oxidation sites excluding steroid dienone is 1. The number of aryl methyl sites for hydroxylation is 2. The van der Waals surface area contributed by atoms with Crippen molar-refractivity contribution in [1.82, 2.24) is 0 Å². The summed E-state index contributed by atoms with van der Waals surface area (Å²) in [5.74, 6) is 0. The molecule has 0 unspecified atom stereocenters. The minimum atomic E-state index is 0.845. The summed E-state index contributed by atoms with van der Waals surface area (Å²) < 4.78 is 0. The average molecular weight is 200 g/mol. The molecule has 1 aliphatic rings. The van der Waals surface area contributed by atoms with E-state index < -0.39 is 0 Å². The molecule has 0 fully saturated rings. The molecular formula is C13H16N2. The van der Waals surface area contributed by atoms with Crippen molar-refractivity contribution in [3.05, 3.63) is 53.4 Å². The molecule has 15 heavy (non-hydrogen) atoms. The highest BCUT2D eigenvalue weighted by Gasteiger charge is 2.10. The molecule has 0 saturated carbocycles. The third kappa shape index (κ3) is 1.89. The van der Waals surface area contributed by atoms with E-state index in [0.717, 1.165) is 12.2 Å². The molecular weight excluding hydrogens is 184 g/mol. The Kier molecular flexibility index (Phi) is 2.50. The largest absolute Gasteiger partial charge is 0.399 e. The number of nitrogens with two attached hydrogens (primary N) is 1. The smallest absolute Gasteiger partial charge is 0.0468 e. The Morgan fingerprint density at radius 3 is 2.40 bits per heavy atom. The van der Waals surface area contributed by atoms with Gasteiger partial charge in [-0.15, -0.1) is 0 Å². The molecule has 0 bridgehead atoms. The molecule has 0 aliphatic carbocycles. The Hall–Kier alpha value is -1.70. The van der Waals surface area contributed by atoms with Crippen molar-refractivity contribution >= 4 is 5.69 Å². The first-order chi connectivity index (χ1) is 7.18. The van der Waals surface area contributed by atoms with Crippen LogP contribution in [-0.4, -0.2) is 6.54 Å². The van der Waals surface area contributed by atoms with Crippen LogP contribution in [0.1, 0.15) is 11.1 Å². The van der Waals surface area contributed by atoms with Gasteiger partial charge in [0.2, 0.25) is 0 Å². The van der Waals surface area contributed by atoms with Crippen molar-refractivity contribution < 1.29 is 0 Å². The quantitative estimate of drug-likeness (QED) is 0.754. The van der Waals surface area contributed by atoms with Crippen LogP contribution < -0.4 is 10.6 Å². The van der Waals surface area contributed by atoms with Crippen LogP contribution in [0, 0.1) is 13.8 Å². The number of hydrogen-bond donors (Lipinski definition) is 1. The second-order valence-electron chi connectivity index (χ2n) is 3.91. The number of hydrogen-bond acceptors (Lipinski definition) is 2. The van der Waals surface area contributed by atoms with Gasteiger partial charge in [0, 0.05) is 24.1 Å². The van der Waals surface area contributed by atoms with Crippen LogP contribution in [-0.2, 0) is 0 Å². The molecule has 1 aromatic rings. The summed E-state index contributed by atoms with van der Waals surface area (Å²) in [5, 5.41) is 0. The first-order valence-electron chi connectivity index (χ1n) is 5.15. The van der Waals surface area contributed by atoms with Crippen molar-refractivity contribution in [3.8, 4) is 0 Å². The summed E-state index contributed by atoms with van der Waals surface area (Å²) in [4.78, 5) is 2.22. The molecule has 0 aromatic heterocycles. The van der Waals surface area contributed by atoms with Gasteiger partial charge < -0.3 is 10.6 Å². The Bertz CT molecular complexity index is 410. The maximum atomic E-state index is 5.70. The van der Waals surface area contributed by atoms with Gasteiger partial charge in [0.1, 0.15) is 0 Å². The van der Waals surface area contributed by atoms with Crippen LogP contribution in [0.25, 0.3) is 0 Å². The third-order valence-electron chi connectivity index (χ3n) is 2.70. The summed E-state index contributed by atoms with van der Waals surface area (Å²) in [5.41, 5.74) is 10.4. The molecule has 2 rings (SSSR count).